The number of pyridine rings is 1. The lowest BCUT2D eigenvalue weighted by atomic mass is 10.0. The molecular formula is C21H17N3O2S. The zero-order chi connectivity index (χ0) is 18.6. The highest BCUT2D eigenvalue weighted by molar-refractivity contribution is 7.08. The van der Waals surface area contributed by atoms with E-state index in [0.717, 1.165) is 12.1 Å². The standard InChI is InChI=1S/C21H17N3O2S/c25-20-18(19(21(20)26)24-17-5-8-22-9-6-17)23-10-4-14-2-1-3-15(12-14)16-7-11-27-13-16/h1-3,5-9,11-13,23H,4,10H2,(H,22,24). The summed E-state index contributed by atoms with van der Waals surface area (Å²) in [5, 5.41) is 10.3. The highest BCUT2D eigenvalue weighted by Gasteiger charge is 2.20. The van der Waals surface area contributed by atoms with Crippen molar-refractivity contribution >= 4 is 28.4 Å². The van der Waals surface area contributed by atoms with E-state index in [4.69, 9.17) is 0 Å². The first-order valence-corrected chi connectivity index (χ1v) is 9.52. The number of hydrogen-bond donors (Lipinski definition) is 2. The van der Waals surface area contributed by atoms with Crippen LogP contribution in [0.15, 0.2) is 75.2 Å². The first-order chi connectivity index (χ1) is 13.2. The molecule has 0 fully saturated rings. The number of rotatable bonds is 7. The summed E-state index contributed by atoms with van der Waals surface area (Å²) in [4.78, 5) is 27.7. The van der Waals surface area contributed by atoms with E-state index >= 15 is 0 Å². The largest absolute Gasteiger partial charge is 0.380 e. The molecule has 5 nitrogen and oxygen atoms in total. The van der Waals surface area contributed by atoms with Crippen LogP contribution in [0.25, 0.3) is 11.1 Å². The molecule has 0 radical (unpaired) electrons. The lowest BCUT2D eigenvalue weighted by Gasteiger charge is -2.15. The third-order valence-electron chi connectivity index (χ3n) is 4.36. The second-order valence-electron chi connectivity index (χ2n) is 6.16. The van der Waals surface area contributed by atoms with E-state index in [0.29, 0.717) is 17.9 Å². The molecule has 0 bridgehead atoms. The number of anilines is 3. The Balaban J connectivity index is 1.42. The lowest BCUT2D eigenvalue weighted by Crippen LogP contribution is -2.37. The van der Waals surface area contributed by atoms with Gasteiger partial charge in [-0.2, -0.15) is 11.3 Å². The maximum absolute atomic E-state index is 11.9. The molecule has 2 aromatic carbocycles. The van der Waals surface area contributed by atoms with Gasteiger partial charge in [0, 0.05) is 24.6 Å². The Labute approximate surface area is 160 Å². The van der Waals surface area contributed by atoms with Gasteiger partial charge in [-0.25, -0.2) is 0 Å². The number of aromatic nitrogens is 1. The summed E-state index contributed by atoms with van der Waals surface area (Å²) in [5.41, 5.74) is 4.00. The Morgan fingerprint density at radius 2 is 1.74 bits per heavy atom. The summed E-state index contributed by atoms with van der Waals surface area (Å²) in [5.74, 6) is 0. The van der Waals surface area contributed by atoms with Crippen molar-refractivity contribution in [1.82, 2.24) is 4.98 Å². The van der Waals surface area contributed by atoms with Crippen LogP contribution in [0.2, 0.25) is 0 Å². The third-order valence-corrected chi connectivity index (χ3v) is 5.04. The fourth-order valence-electron chi connectivity index (χ4n) is 2.93. The second kappa shape index (κ2) is 7.55. The van der Waals surface area contributed by atoms with Gasteiger partial charge in [0.25, 0.3) is 10.9 Å². The molecule has 27 heavy (non-hydrogen) atoms. The molecule has 0 saturated heterocycles. The topological polar surface area (TPSA) is 71.1 Å². The van der Waals surface area contributed by atoms with Crippen molar-refractivity contribution in [3.8, 4) is 11.1 Å². The van der Waals surface area contributed by atoms with Gasteiger partial charge in [0.1, 0.15) is 11.4 Å². The molecule has 2 heterocycles. The molecule has 0 saturated carbocycles. The van der Waals surface area contributed by atoms with E-state index in [2.05, 4.69) is 50.6 Å². The monoisotopic (exact) mass is 375 g/mol. The summed E-state index contributed by atoms with van der Waals surface area (Å²) in [6.45, 7) is 0.572. The number of nitrogens with one attached hydrogen (secondary N) is 2. The van der Waals surface area contributed by atoms with E-state index < -0.39 is 10.9 Å². The van der Waals surface area contributed by atoms with Crippen LogP contribution in [0.1, 0.15) is 5.56 Å². The molecule has 2 aromatic heterocycles. The van der Waals surface area contributed by atoms with Crippen molar-refractivity contribution in [1.29, 1.82) is 0 Å². The minimum absolute atomic E-state index is 0.318. The molecule has 0 aliphatic rings. The van der Waals surface area contributed by atoms with Gasteiger partial charge in [-0.3, -0.25) is 14.6 Å². The quantitative estimate of drug-likeness (QED) is 0.481. The van der Waals surface area contributed by atoms with Crippen LogP contribution >= 0.6 is 11.3 Å². The lowest BCUT2D eigenvalue weighted by molar-refractivity contribution is 1.01. The van der Waals surface area contributed by atoms with Crippen LogP contribution in [-0.4, -0.2) is 11.5 Å². The van der Waals surface area contributed by atoms with Gasteiger partial charge in [-0.1, -0.05) is 24.3 Å². The highest BCUT2D eigenvalue weighted by Crippen LogP contribution is 2.23. The molecule has 2 N–H and O–H groups in total. The molecule has 0 amide bonds. The molecular weight excluding hydrogens is 358 g/mol. The van der Waals surface area contributed by atoms with Crippen molar-refractivity contribution < 1.29 is 0 Å². The molecule has 134 valence electrons. The SMILES string of the molecule is O=c1c(NCCc2cccc(-c3ccsc3)c2)c(Nc2ccncc2)c1=O. The van der Waals surface area contributed by atoms with Crippen LogP contribution in [0.4, 0.5) is 17.1 Å². The molecule has 0 spiro atoms. The van der Waals surface area contributed by atoms with Crippen LogP contribution in [0.5, 0.6) is 0 Å². The Morgan fingerprint density at radius 1 is 0.926 bits per heavy atom. The molecule has 0 aliphatic carbocycles. The fourth-order valence-corrected chi connectivity index (χ4v) is 3.59. The molecule has 6 heteroatoms. The fraction of sp³-hybridized carbons (Fsp3) is 0.0952. The summed E-state index contributed by atoms with van der Waals surface area (Å²) >= 11 is 1.68. The average Bonchev–Trinajstić information content (AvgIpc) is 3.25. The molecule has 4 aromatic rings. The Kier molecular flexibility index (Phi) is 4.80. The number of nitrogens with zero attached hydrogens (tertiary/aromatic N) is 1. The normalized spacial score (nSPS) is 10.8. The van der Waals surface area contributed by atoms with Gasteiger partial charge in [-0.15, -0.1) is 0 Å². The maximum atomic E-state index is 11.9. The Hall–Kier alpha value is -3.25. The Morgan fingerprint density at radius 3 is 2.52 bits per heavy atom. The second-order valence-corrected chi connectivity index (χ2v) is 6.94. The predicted octanol–water partition coefficient (Wildman–Crippen LogP) is 3.80. The number of hydrogen-bond acceptors (Lipinski definition) is 6. The van der Waals surface area contributed by atoms with Gasteiger partial charge >= 0.3 is 0 Å². The van der Waals surface area contributed by atoms with Crippen molar-refractivity contribution in [2.75, 3.05) is 17.2 Å². The van der Waals surface area contributed by atoms with E-state index in [-0.39, 0.29) is 0 Å². The molecule has 4 rings (SSSR count). The minimum Gasteiger partial charge on any atom is -0.380 e. The van der Waals surface area contributed by atoms with E-state index in [9.17, 15) is 9.59 Å². The van der Waals surface area contributed by atoms with E-state index in [1.807, 2.05) is 6.07 Å². The first kappa shape index (κ1) is 17.2. The summed E-state index contributed by atoms with van der Waals surface area (Å²) in [7, 11) is 0. The van der Waals surface area contributed by atoms with Crippen LogP contribution in [0, 0.1) is 0 Å². The van der Waals surface area contributed by atoms with Gasteiger partial charge in [-0.05, 0) is 52.1 Å². The molecule has 0 unspecified atom stereocenters. The third kappa shape index (κ3) is 3.66. The van der Waals surface area contributed by atoms with E-state index in [1.165, 1.54) is 16.7 Å². The highest BCUT2D eigenvalue weighted by atomic mass is 32.1. The van der Waals surface area contributed by atoms with Gasteiger partial charge in [0.2, 0.25) is 0 Å². The summed E-state index contributed by atoms with van der Waals surface area (Å²) in [6.07, 6.45) is 4.01. The summed E-state index contributed by atoms with van der Waals surface area (Å²) < 4.78 is 0. The average molecular weight is 375 g/mol. The van der Waals surface area contributed by atoms with E-state index in [1.54, 1.807) is 35.9 Å². The van der Waals surface area contributed by atoms with Crippen molar-refractivity contribution in [2.45, 2.75) is 6.42 Å². The van der Waals surface area contributed by atoms with Crippen LogP contribution in [-0.2, 0) is 6.42 Å². The van der Waals surface area contributed by atoms with Gasteiger partial charge < -0.3 is 10.6 Å². The van der Waals surface area contributed by atoms with Gasteiger partial charge in [0.05, 0.1) is 0 Å². The predicted molar refractivity (Wildman–Crippen MR) is 111 cm³/mol. The Bertz CT molecular complexity index is 1110. The van der Waals surface area contributed by atoms with Crippen molar-refractivity contribution in [2.24, 2.45) is 0 Å². The van der Waals surface area contributed by atoms with Crippen LogP contribution < -0.4 is 21.5 Å². The van der Waals surface area contributed by atoms with Crippen molar-refractivity contribution in [3.63, 3.8) is 0 Å². The zero-order valence-corrected chi connectivity index (χ0v) is 15.3. The minimum atomic E-state index is -0.492. The van der Waals surface area contributed by atoms with Gasteiger partial charge in [0.15, 0.2) is 0 Å². The number of thiophene rings is 1. The van der Waals surface area contributed by atoms with Crippen LogP contribution in [0.3, 0.4) is 0 Å². The number of benzene rings is 1. The van der Waals surface area contributed by atoms with Crippen molar-refractivity contribution in [3.05, 3.63) is 91.6 Å². The maximum Gasteiger partial charge on any atom is 0.253 e. The smallest absolute Gasteiger partial charge is 0.253 e. The zero-order valence-electron chi connectivity index (χ0n) is 14.4. The summed E-state index contributed by atoms with van der Waals surface area (Å²) in [6, 6.07) is 13.9. The molecule has 0 aliphatic heterocycles. The molecule has 0 atom stereocenters. The first-order valence-electron chi connectivity index (χ1n) is 8.58.